The second-order valence-electron chi connectivity index (χ2n) is 4.82. The largest absolute Gasteiger partial charge is 0.497 e. The smallest absolute Gasteiger partial charge is 0.256 e. The molecule has 0 spiro atoms. The Bertz CT molecular complexity index is 783. The topological polar surface area (TPSA) is 47.6 Å². The molecule has 112 valence electrons. The van der Waals surface area contributed by atoms with Gasteiger partial charge in [-0.1, -0.05) is 6.07 Å². The van der Waals surface area contributed by atoms with E-state index in [0.29, 0.717) is 22.6 Å². The first kappa shape index (κ1) is 14.1. The van der Waals surface area contributed by atoms with Crippen LogP contribution < -0.4 is 14.8 Å². The molecule has 1 aliphatic rings. The lowest BCUT2D eigenvalue weighted by Crippen LogP contribution is -2.03. The third kappa shape index (κ3) is 2.41. The van der Waals surface area contributed by atoms with E-state index in [-0.39, 0.29) is 11.7 Å². The van der Waals surface area contributed by atoms with Crippen LogP contribution >= 0.6 is 0 Å². The molecule has 5 heteroatoms. The van der Waals surface area contributed by atoms with Crippen LogP contribution in [0.25, 0.3) is 11.6 Å². The van der Waals surface area contributed by atoms with Gasteiger partial charge in [0.1, 0.15) is 5.75 Å². The molecule has 22 heavy (non-hydrogen) atoms. The number of methoxy groups -OCH3 is 2. The van der Waals surface area contributed by atoms with Gasteiger partial charge in [0.25, 0.3) is 5.91 Å². The zero-order valence-electron chi connectivity index (χ0n) is 12.1. The Labute approximate surface area is 127 Å². The molecular formula is C17H14FNO3. The number of benzene rings is 2. The van der Waals surface area contributed by atoms with E-state index < -0.39 is 5.82 Å². The molecule has 0 radical (unpaired) electrons. The van der Waals surface area contributed by atoms with Gasteiger partial charge in [-0.3, -0.25) is 4.79 Å². The highest BCUT2D eigenvalue weighted by Crippen LogP contribution is 2.35. The maximum atomic E-state index is 13.8. The average molecular weight is 299 g/mol. The fourth-order valence-electron chi connectivity index (χ4n) is 2.38. The Morgan fingerprint density at radius 1 is 1.09 bits per heavy atom. The number of carbonyl (C=O) groups excluding carboxylic acids is 1. The van der Waals surface area contributed by atoms with E-state index in [9.17, 15) is 9.18 Å². The SMILES string of the molecule is COc1ccc2c(c1)/C(=C\c1ccc(OC)c(F)c1)C(=O)N2. The number of hydrogen-bond donors (Lipinski definition) is 1. The second kappa shape index (κ2) is 5.52. The summed E-state index contributed by atoms with van der Waals surface area (Å²) in [6.07, 6.45) is 1.64. The lowest BCUT2D eigenvalue weighted by Gasteiger charge is -2.04. The molecule has 2 aromatic rings. The normalized spacial score (nSPS) is 14.7. The second-order valence-corrected chi connectivity index (χ2v) is 4.82. The monoisotopic (exact) mass is 299 g/mol. The zero-order chi connectivity index (χ0) is 15.7. The van der Waals surface area contributed by atoms with E-state index in [1.54, 1.807) is 37.5 Å². The molecule has 0 aliphatic carbocycles. The van der Waals surface area contributed by atoms with Crippen molar-refractivity contribution < 1.29 is 18.7 Å². The van der Waals surface area contributed by atoms with Gasteiger partial charge in [-0.2, -0.15) is 0 Å². The molecule has 0 unspecified atom stereocenters. The van der Waals surface area contributed by atoms with Gasteiger partial charge in [-0.25, -0.2) is 4.39 Å². The molecular weight excluding hydrogens is 285 g/mol. The predicted molar refractivity (Wildman–Crippen MR) is 82.4 cm³/mol. The summed E-state index contributed by atoms with van der Waals surface area (Å²) in [5.41, 5.74) is 2.50. The Balaban J connectivity index is 2.05. The Kier molecular flexibility index (Phi) is 3.55. The fraction of sp³-hybridized carbons (Fsp3) is 0.118. The highest BCUT2D eigenvalue weighted by molar-refractivity contribution is 6.35. The van der Waals surface area contributed by atoms with Crippen molar-refractivity contribution in [1.29, 1.82) is 0 Å². The number of ether oxygens (including phenoxy) is 2. The van der Waals surface area contributed by atoms with E-state index in [0.717, 1.165) is 5.56 Å². The first-order valence-corrected chi connectivity index (χ1v) is 6.67. The summed E-state index contributed by atoms with van der Waals surface area (Å²) in [5.74, 6) is 0.128. The lowest BCUT2D eigenvalue weighted by molar-refractivity contribution is -0.110. The number of amides is 1. The molecule has 4 nitrogen and oxygen atoms in total. The van der Waals surface area contributed by atoms with Crippen molar-refractivity contribution in [3.05, 3.63) is 53.3 Å². The van der Waals surface area contributed by atoms with Gasteiger partial charge in [0.2, 0.25) is 0 Å². The molecule has 0 saturated carbocycles. The maximum Gasteiger partial charge on any atom is 0.256 e. The van der Waals surface area contributed by atoms with Crippen LogP contribution in [0.4, 0.5) is 10.1 Å². The van der Waals surface area contributed by atoms with Crippen molar-refractivity contribution in [1.82, 2.24) is 0 Å². The van der Waals surface area contributed by atoms with Crippen LogP contribution in [0, 0.1) is 5.82 Å². The summed E-state index contributed by atoms with van der Waals surface area (Å²) in [6, 6.07) is 9.88. The third-order valence-electron chi connectivity index (χ3n) is 3.50. The number of carbonyl (C=O) groups is 1. The van der Waals surface area contributed by atoms with Crippen molar-refractivity contribution in [2.24, 2.45) is 0 Å². The van der Waals surface area contributed by atoms with Gasteiger partial charge < -0.3 is 14.8 Å². The predicted octanol–water partition coefficient (Wildman–Crippen LogP) is 3.34. The summed E-state index contributed by atoms with van der Waals surface area (Å²) in [4.78, 5) is 12.1. The summed E-state index contributed by atoms with van der Waals surface area (Å²) >= 11 is 0. The van der Waals surface area contributed by atoms with Gasteiger partial charge >= 0.3 is 0 Å². The summed E-state index contributed by atoms with van der Waals surface area (Å²) in [7, 11) is 2.97. The molecule has 0 saturated heterocycles. The van der Waals surface area contributed by atoms with Crippen LogP contribution in [-0.2, 0) is 4.79 Å². The molecule has 3 rings (SSSR count). The molecule has 1 N–H and O–H groups in total. The number of hydrogen-bond acceptors (Lipinski definition) is 3. The van der Waals surface area contributed by atoms with Gasteiger partial charge in [0, 0.05) is 16.8 Å². The quantitative estimate of drug-likeness (QED) is 0.884. The molecule has 0 atom stereocenters. The highest BCUT2D eigenvalue weighted by Gasteiger charge is 2.24. The van der Waals surface area contributed by atoms with Crippen molar-refractivity contribution in [2.75, 3.05) is 19.5 Å². The zero-order valence-corrected chi connectivity index (χ0v) is 12.1. The van der Waals surface area contributed by atoms with Crippen LogP contribution in [0.2, 0.25) is 0 Å². The maximum absolute atomic E-state index is 13.8. The van der Waals surface area contributed by atoms with Gasteiger partial charge in [-0.05, 0) is 42.0 Å². The molecule has 1 amide bonds. The lowest BCUT2D eigenvalue weighted by atomic mass is 10.0. The number of nitrogens with one attached hydrogen (secondary N) is 1. The summed E-state index contributed by atoms with van der Waals surface area (Å²) < 4.78 is 23.8. The number of halogens is 1. The van der Waals surface area contributed by atoms with Crippen molar-refractivity contribution in [3.8, 4) is 11.5 Å². The van der Waals surface area contributed by atoms with Crippen molar-refractivity contribution in [2.45, 2.75) is 0 Å². The summed E-state index contributed by atoms with van der Waals surface area (Å²) in [5, 5.41) is 2.77. The van der Waals surface area contributed by atoms with E-state index in [4.69, 9.17) is 9.47 Å². The first-order chi connectivity index (χ1) is 10.6. The first-order valence-electron chi connectivity index (χ1n) is 6.67. The van der Waals surface area contributed by atoms with E-state index in [1.165, 1.54) is 19.2 Å². The number of anilines is 1. The van der Waals surface area contributed by atoms with E-state index in [1.807, 2.05) is 0 Å². The molecule has 1 aliphatic heterocycles. The van der Waals surface area contributed by atoms with Gasteiger partial charge in [-0.15, -0.1) is 0 Å². The number of fused-ring (bicyclic) bond motifs is 1. The highest BCUT2D eigenvalue weighted by atomic mass is 19.1. The number of rotatable bonds is 3. The minimum absolute atomic E-state index is 0.167. The molecule has 1 heterocycles. The van der Waals surface area contributed by atoms with Crippen LogP contribution in [0.15, 0.2) is 36.4 Å². The Hall–Kier alpha value is -2.82. The summed E-state index contributed by atoms with van der Waals surface area (Å²) in [6.45, 7) is 0. The van der Waals surface area contributed by atoms with Crippen LogP contribution in [0.5, 0.6) is 11.5 Å². The van der Waals surface area contributed by atoms with Crippen LogP contribution in [0.1, 0.15) is 11.1 Å². The van der Waals surface area contributed by atoms with Crippen LogP contribution in [0.3, 0.4) is 0 Å². The molecule has 0 aromatic heterocycles. The Morgan fingerprint density at radius 2 is 1.91 bits per heavy atom. The van der Waals surface area contributed by atoms with E-state index >= 15 is 0 Å². The third-order valence-corrected chi connectivity index (χ3v) is 3.50. The Morgan fingerprint density at radius 3 is 2.59 bits per heavy atom. The van der Waals surface area contributed by atoms with Crippen molar-refractivity contribution >= 4 is 23.2 Å². The van der Waals surface area contributed by atoms with Crippen molar-refractivity contribution in [3.63, 3.8) is 0 Å². The molecule has 0 bridgehead atoms. The molecule has 2 aromatic carbocycles. The van der Waals surface area contributed by atoms with E-state index in [2.05, 4.69) is 5.32 Å². The van der Waals surface area contributed by atoms with Gasteiger partial charge in [0.05, 0.1) is 14.2 Å². The average Bonchev–Trinajstić information content (AvgIpc) is 2.83. The fourth-order valence-corrected chi connectivity index (χ4v) is 2.38. The standard InChI is InChI=1S/C17H14FNO3/c1-21-11-4-5-15-12(9-11)13(17(20)19-15)7-10-3-6-16(22-2)14(18)8-10/h3-9H,1-2H3,(H,19,20)/b13-7+. The van der Waals surface area contributed by atoms with Gasteiger partial charge in [0.15, 0.2) is 11.6 Å². The van der Waals surface area contributed by atoms with Crippen LogP contribution in [-0.4, -0.2) is 20.1 Å². The minimum Gasteiger partial charge on any atom is -0.497 e. The minimum atomic E-state index is -0.471. The molecule has 0 fully saturated rings.